The van der Waals surface area contributed by atoms with Crippen LogP contribution in [0.2, 0.25) is 0 Å². The molecular formula is C14H28N2. The zero-order valence-corrected chi connectivity index (χ0v) is 11.2. The lowest BCUT2D eigenvalue weighted by molar-refractivity contribution is 0.0914. The maximum absolute atomic E-state index is 3.55. The van der Waals surface area contributed by atoms with Crippen LogP contribution in [0.1, 0.15) is 52.4 Å². The van der Waals surface area contributed by atoms with Crippen LogP contribution < -0.4 is 5.32 Å². The monoisotopic (exact) mass is 224 g/mol. The van der Waals surface area contributed by atoms with E-state index in [1.54, 1.807) is 0 Å². The Morgan fingerprint density at radius 2 is 2.06 bits per heavy atom. The summed E-state index contributed by atoms with van der Waals surface area (Å²) in [6, 6.07) is 2.41. The van der Waals surface area contributed by atoms with Crippen molar-refractivity contribution in [1.29, 1.82) is 0 Å². The highest BCUT2D eigenvalue weighted by Gasteiger charge is 2.36. The highest BCUT2D eigenvalue weighted by Crippen LogP contribution is 2.32. The summed E-state index contributed by atoms with van der Waals surface area (Å²) in [4.78, 5) is 2.82. The second kappa shape index (κ2) is 5.50. The first-order chi connectivity index (χ1) is 7.76. The fraction of sp³-hybridized carbons (Fsp3) is 1.00. The molecule has 1 N–H and O–H groups in total. The van der Waals surface area contributed by atoms with Gasteiger partial charge in [0.1, 0.15) is 0 Å². The van der Waals surface area contributed by atoms with Crippen LogP contribution in [0.15, 0.2) is 0 Å². The summed E-state index contributed by atoms with van der Waals surface area (Å²) in [6.45, 7) is 6.12. The van der Waals surface area contributed by atoms with Gasteiger partial charge in [0, 0.05) is 18.1 Å². The first kappa shape index (κ1) is 12.4. The van der Waals surface area contributed by atoms with Crippen LogP contribution in [0.4, 0.5) is 0 Å². The van der Waals surface area contributed by atoms with E-state index in [0.29, 0.717) is 0 Å². The molecule has 94 valence electrons. The van der Waals surface area contributed by atoms with Crippen molar-refractivity contribution >= 4 is 0 Å². The van der Waals surface area contributed by atoms with Gasteiger partial charge in [-0.2, -0.15) is 0 Å². The number of rotatable bonds is 3. The number of nitrogens with one attached hydrogen (secondary N) is 1. The third kappa shape index (κ3) is 2.43. The Hall–Kier alpha value is -0.0800. The van der Waals surface area contributed by atoms with E-state index in [2.05, 4.69) is 31.1 Å². The number of hydrogen-bond acceptors (Lipinski definition) is 2. The molecule has 1 heterocycles. The normalized spacial score (nSPS) is 41.4. The predicted octanol–water partition coefficient (Wildman–Crippen LogP) is 2.64. The summed E-state index contributed by atoms with van der Waals surface area (Å²) in [5.41, 5.74) is 0. The third-order valence-electron chi connectivity index (χ3n) is 4.77. The minimum Gasteiger partial charge on any atom is -0.315 e. The molecule has 0 bridgehead atoms. The van der Waals surface area contributed by atoms with E-state index in [9.17, 15) is 0 Å². The van der Waals surface area contributed by atoms with Gasteiger partial charge in [0.05, 0.1) is 0 Å². The minimum atomic E-state index is 0.739. The lowest BCUT2D eigenvalue weighted by Gasteiger charge is -2.42. The van der Waals surface area contributed by atoms with Crippen molar-refractivity contribution in [2.45, 2.75) is 70.5 Å². The standard InChI is InChI=1S/C14H28N2/c1-4-12-6-5-9-16(12)14-10-11(2)7-8-13(14)15-3/h11-15H,4-10H2,1-3H3. The first-order valence-electron chi connectivity index (χ1n) is 7.19. The van der Waals surface area contributed by atoms with Crippen LogP contribution in [-0.4, -0.2) is 36.6 Å². The summed E-state index contributed by atoms with van der Waals surface area (Å²) < 4.78 is 0. The topological polar surface area (TPSA) is 15.3 Å². The van der Waals surface area contributed by atoms with E-state index in [-0.39, 0.29) is 0 Å². The average molecular weight is 224 g/mol. The van der Waals surface area contributed by atoms with Gasteiger partial charge in [-0.25, -0.2) is 0 Å². The SMILES string of the molecule is CCC1CCCN1C1CC(C)CCC1NC. The highest BCUT2D eigenvalue weighted by atomic mass is 15.2. The van der Waals surface area contributed by atoms with Crippen molar-refractivity contribution in [3.05, 3.63) is 0 Å². The second-order valence-corrected chi connectivity index (χ2v) is 5.82. The van der Waals surface area contributed by atoms with E-state index in [0.717, 1.165) is 24.0 Å². The van der Waals surface area contributed by atoms with Crippen LogP contribution in [0.3, 0.4) is 0 Å². The lowest BCUT2D eigenvalue weighted by Crippen LogP contribution is -2.53. The summed E-state index contributed by atoms with van der Waals surface area (Å²) in [6.07, 6.45) is 8.36. The van der Waals surface area contributed by atoms with Crippen molar-refractivity contribution in [1.82, 2.24) is 10.2 Å². The Morgan fingerprint density at radius 1 is 1.25 bits per heavy atom. The predicted molar refractivity (Wildman–Crippen MR) is 69.7 cm³/mol. The van der Waals surface area contributed by atoms with Gasteiger partial charge in [-0.1, -0.05) is 13.8 Å². The van der Waals surface area contributed by atoms with E-state index in [1.807, 2.05) is 0 Å². The Kier molecular flexibility index (Phi) is 4.26. The Balaban J connectivity index is 2.03. The highest BCUT2D eigenvalue weighted by molar-refractivity contribution is 4.94. The van der Waals surface area contributed by atoms with E-state index < -0.39 is 0 Å². The summed E-state index contributed by atoms with van der Waals surface area (Å²) in [7, 11) is 2.14. The molecule has 16 heavy (non-hydrogen) atoms. The fourth-order valence-electron chi connectivity index (χ4n) is 3.79. The molecule has 2 aliphatic rings. The molecule has 2 fully saturated rings. The molecule has 0 aromatic heterocycles. The molecule has 0 amide bonds. The van der Waals surface area contributed by atoms with Crippen molar-refractivity contribution in [2.75, 3.05) is 13.6 Å². The maximum atomic E-state index is 3.55. The Labute approximate surface area is 101 Å². The van der Waals surface area contributed by atoms with E-state index in [4.69, 9.17) is 0 Å². The molecule has 2 nitrogen and oxygen atoms in total. The zero-order valence-electron chi connectivity index (χ0n) is 11.2. The quantitative estimate of drug-likeness (QED) is 0.793. The number of nitrogens with zero attached hydrogens (tertiary/aromatic N) is 1. The summed E-state index contributed by atoms with van der Waals surface area (Å²) in [5, 5.41) is 3.55. The van der Waals surface area contributed by atoms with Gasteiger partial charge in [0.15, 0.2) is 0 Å². The van der Waals surface area contributed by atoms with Gasteiger partial charge in [0.25, 0.3) is 0 Å². The number of likely N-dealkylation sites (N-methyl/N-ethyl adjacent to an activating group) is 1. The fourth-order valence-corrected chi connectivity index (χ4v) is 3.79. The smallest absolute Gasteiger partial charge is 0.0254 e. The molecule has 0 aromatic rings. The Bertz CT molecular complexity index is 217. The first-order valence-corrected chi connectivity index (χ1v) is 7.19. The Morgan fingerprint density at radius 3 is 2.75 bits per heavy atom. The molecule has 4 atom stereocenters. The molecule has 1 saturated heterocycles. The number of hydrogen-bond donors (Lipinski definition) is 1. The molecule has 0 spiro atoms. The molecule has 2 heteroatoms. The average Bonchev–Trinajstić information content (AvgIpc) is 2.76. The van der Waals surface area contributed by atoms with Gasteiger partial charge in [0.2, 0.25) is 0 Å². The maximum Gasteiger partial charge on any atom is 0.0254 e. The molecule has 1 aliphatic heterocycles. The van der Waals surface area contributed by atoms with Gasteiger partial charge >= 0.3 is 0 Å². The second-order valence-electron chi connectivity index (χ2n) is 5.82. The molecule has 0 radical (unpaired) electrons. The van der Waals surface area contributed by atoms with Gasteiger partial charge in [-0.3, -0.25) is 4.90 Å². The van der Waals surface area contributed by atoms with Crippen LogP contribution in [-0.2, 0) is 0 Å². The van der Waals surface area contributed by atoms with Gasteiger partial charge in [-0.05, 0) is 58.0 Å². The van der Waals surface area contributed by atoms with Crippen LogP contribution >= 0.6 is 0 Å². The summed E-state index contributed by atoms with van der Waals surface area (Å²) >= 11 is 0. The molecule has 1 aliphatic carbocycles. The van der Waals surface area contributed by atoms with Crippen molar-refractivity contribution in [2.24, 2.45) is 5.92 Å². The van der Waals surface area contributed by atoms with Crippen molar-refractivity contribution in [3.63, 3.8) is 0 Å². The third-order valence-corrected chi connectivity index (χ3v) is 4.77. The summed E-state index contributed by atoms with van der Waals surface area (Å²) in [5.74, 6) is 0.924. The van der Waals surface area contributed by atoms with Gasteiger partial charge in [-0.15, -0.1) is 0 Å². The van der Waals surface area contributed by atoms with E-state index >= 15 is 0 Å². The molecule has 2 rings (SSSR count). The van der Waals surface area contributed by atoms with Crippen molar-refractivity contribution in [3.8, 4) is 0 Å². The zero-order chi connectivity index (χ0) is 11.5. The number of likely N-dealkylation sites (tertiary alicyclic amines) is 1. The molecule has 4 unspecified atom stereocenters. The van der Waals surface area contributed by atoms with Crippen molar-refractivity contribution < 1.29 is 0 Å². The lowest BCUT2D eigenvalue weighted by atomic mass is 9.82. The molecular weight excluding hydrogens is 196 g/mol. The van der Waals surface area contributed by atoms with Crippen LogP contribution in [0.5, 0.6) is 0 Å². The molecule has 0 aromatic carbocycles. The van der Waals surface area contributed by atoms with E-state index in [1.165, 1.54) is 45.1 Å². The van der Waals surface area contributed by atoms with Crippen LogP contribution in [0, 0.1) is 5.92 Å². The van der Waals surface area contributed by atoms with Crippen LogP contribution in [0.25, 0.3) is 0 Å². The van der Waals surface area contributed by atoms with Gasteiger partial charge < -0.3 is 5.32 Å². The largest absolute Gasteiger partial charge is 0.315 e. The minimum absolute atomic E-state index is 0.739. The molecule has 1 saturated carbocycles.